The first-order valence-corrected chi connectivity index (χ1v) is 7.05. The number of esters is 1. The number of ether oxygens (including phenoxy) is 1. The molecule has 0 unspecified atom stereocenters. The number of nitrogens with zero attached hydrogens (tertiary/aromatic N) is 2. The van der Waals surface area contributed by atoms with Gasteiger partial charge in [-0.05, 0) is 33.6 Å². The minimum absolute atomic E-state index is 0.0206. The van der Waals surface area contributed by atoms with Crippen LogP contribution in [0.3, 0.4) is 0 Å². The number of carbonyl (C=O) groups excluding carboxylic acids is 1. The van der Waals surface area contributed by atoms with Crippen molar-refractivity contribution >= 4 is 5.97 Å². The second-order valence-electron chi connectivity index (χ2n) is 4.89. The molecule has 1 aromatic rings. The van der Waals surface area contributed by atoms with Crippen molar-refractivity contribution in [3.05, 3.63) is 23.8 Å². The number of aromatic nitrogens is 2. The Kier molecular flexibility index (Phi) is 7.08. The summed E-state index contributed by atoms with van der Waals surface area (Å²) < 4.78 is 4.94. The minimum Gasteiger partial charge on any atom is -0.466 e. The van der Waals surface area contributed by atoms with Crippen LogP contribution in [0.2, 0.25) is 0 Å². The van der Waals surface area contributed by atoms with Crippen LogP contribution < -0.4 is 0 Å². The zero-order valence-electron chi connectivity index (χ0n) is 12.2. The normalized spacial score (nSPS) is 15.3. The first-order chi connectivity index (χ1) is 9.13. The molecule has 1 aliphatic rings. The fourth-order valence-corrected chi connectivity index (χ4v) is 2.06. The Bertz CT molecular complexity index is 349. The van der Waals surface area contributed by atoms with E-state index in [2.05, 4.69) is 9.97 Å². The van der Waals surface area contributed by atoms with Crippen molar-refractivity contribution in [2.75, 3.05) is 6.61 Å². The third-order valence-corrected chi connectivity index (χ3v) is 3.14. The van der Waals surface area contributed by atoms with Crippen LogP contribution in [0.4, 0.5) is 0 Å². The van der Waals surface area contributed by atoms with E-state index in [-0.39, 0.29) is 11.9 Å². The molecule has 0 bridgehead atoms. The summed E-state index contributed by atoms with van der Waals surface area (Å²) in [6, 6.07) is 0. The number of carbonyl (C=O) groups is 1. The summed E-state index contributed by atoms with van der Waals surface area (Å²) in [5.41, 5.74) is 1.94. The standard InChI is InChI=1S/C9H16O2.C6H8N2/c1-2-11-9(10)8-6-4-3-5-7-8;1-5-3-8-6(2)4-7-5/h8H,2-7H2,1H3;3-4H,1-2H3. The van der Waals surface area contributed by atoms with E-state index in [1.807, 2.05) is 20.8 Å². The van der Waals surface area contributed by atoms with Crippen LogP contribution in [-0.2, 0) is 9.53 Å². The minimum atomic E-state index is 0.0206. The van der Waals surface area contributed by atoms with E-state index in [1.165, 1.54) is 19.3 Å². The van der Waals surface area contributed by atoms with Crippen LogP contribution in [0.25, 0.3) is 0 Å². The maximum absolute atomic E-state index is 11.2. The average molecular weight is 264 g/mol. The maximum Gasteiger partial charge on any atom is 0.308 e. The largest absolute Gasteiger partial charge is 0.466 e. The van der Waals surface area contributed by atoms with Gasteiger partial charge in [0.1, 0.15) is 0 Å². The summed E-state index contributed by atoms with van der Waals surface area (Å²) in [5, 5.41) is 0. The second kappa shape index (κ2) is 8.62. The Labute approximate surface area is 115 Å². The first-order valence-electron chi connectivity index (χ1n) is 7.05. The molecule has 0 spiro atoms. The highest BCUT2D eigenvalue weighted by atomic mass is 16.5. The van der Waals surface area contributed by atoms with Crippen LogP contribution >= 0.6 is 0 Å². The lowest BCUT2D eigenvalue weighted by atomic mass is 9.89. The van der Waals surface area contributed by atoms with Crippen LogP contribution in [0.5, 0.6) is 0 Å². The molecule has 0 aromatic carbocycles. The molecule has 0 aliphatic heterocycles. The average Bonchev–Trinajstić information content (AvgIpc) is 2.44. The fraction of sp³-hybridized carbons (Fsp3) is 0.667. The van der Waals surface area contributed by atoms with Gasteiger partial charge in [-0.25, -0.2) is 0 Å². The monoisotopic (exact) mass is 264 g/mol. The maximum atomic E-state index is 11.2. The molecule has 1 aromatic heterocycles. The third kappa shape index (κ3) is 6.32. The topological polar surface area (TPSA) is 52.1 Å². The van der Waals surface area contributed by atoms with Crippen molar-refractivity contribution < 1.29 is 9.53 Å². The van der Waals surface area contributed by atoms with E-state index < -0.39 is 0 Å². The summed E-state index contributed by atoms with van der Waals surface area (Å²) >= 11 is 0. The van der Waals surface area contributed by atoms with Gasteiger partial charge < -0.3 is 4.74 Å². The third-order valence-electron chi connectivity index (χ3n) is 3.14. The Balaban J connectivity index is 0.000000200. The fourth-order valence-electron chi connectivity index (χ4n) is 2.06. The number of aryl methyl sites for hydroxylation is 2. The predicted molar refractivity (Wildman–Crippen MR) is 74.7 cm³/mol. The van der Waals surface area contributed by atoms with Crippen LogP contribution in [0, 0.1) is 19.8 Å². The highest BCUT2D eigenvalue weighted by Crippen LogP contribution is 2.24. The lowest BCUT2D eigenvalue weighted by Crippen LogP contribution is -2.20. The van der Waals surface area contributed by atoms with Gasteiger partial charge in [-0.2, -0.15) is 0 Å². The lowest BCUT2D eigenvalue weighted by Gasteiger charge is -2.19. The van der Waals surface area contributed by atoms with Gasteiger partial charge in [-0.1, -0.05) is 19.3 Å². The molecule has 0 atom stereocenters. The van der Waals surface area contributed by atoms with E-state index in [9.17, 15) is 4.79 Å². The number of rotatable bonds is 2. The summed E-state index contributed by atoms with van der Waals surface area (Å²) in [6.45, 7) is 6.23. The zero-order valence-corrected chi connectivity index (χ0v) is 12.2. The van der Waals surface area contributed by atoms with Gasteiger partial charge in [0.2, 0.25) is 0 Å². The molecule has 1 saturated carbocycles. The summed E-state index contributed by atoms with van der Waals surface area (Å²) in [6.07, 6.45) is 9.28. The van der Waals surface area contributed by atoms with Gasteiger partial charge in [0, 0.05) is 12.4 Å². The van der Waals surface area contributed by atoms with Gasteiger partial charge in [-0.3, -0.25) is 14.8 Å². The van der Waals surface area contributed by atoms with Crippen molar-refractivity contribution in [3.8, 4) is 0 Å². The van der Waals surface area contributed by atoms with Crippen LogP contribution in [0.1, 0.15) is 50.4 Å². The van der Waals surface area contributed by atoms with E-state index in [4.69, 9.17) is 4.74 Å². The number of hydrogen-bond donors (Lipinski definition) is 0. The first kappa shape index (κ1) is 15.6. The van der Waals surface area contributed by atoms with E-state index >= 15 is 0 Å². The van der Waals surface area contributed by atoms with E-state index in [1.54, 1.807) is 12.4 Å². The Morgan fingerprint density at radius 3 is 2.11 bits per heavy atom. The van der Waals surface area contributed by atoms with Gasteiger partial charge in [-0.15, -0.1) is 0 Å². The second-order valence-corrected chi connectivity index (χ2v) is 4.89. The highest BCUT2D eigenvalue weighted by molar-refractivity contribution is 5.72. The van der Waals surface area contributed by atoms with Crippen LogP contribution in [0.15, 0.2) is 12.4 Å². The summed E-state index contributed by atoms with van der Waals surface area (Å²) in [4.78, 5) is 19.2. The molecule has 4 heteroatoms. The zero-order chi connectivity index (χ0) is 14.1. The van der Waals surface area contributed by atoms with Crippen LogP contribution in [-0.4, -0.2) is 22.5 Å². The van der Waals surface area contributed by atoms with Crippen molar-refractivity contribution in [3.63, 3.8) is 0 Å². The Morgan fingerprint density at radius 1 is 1.16 bits per heavy atom. The molecule has 19 heavy (non-hydrogen) atoms. The Morgan fingerprint density at radius 2 is 1.68 bits per heavy atom. The SMILES string of the molecule is CCOC(=O)C1CCCCC1.Cc1cnc(C)cn1. The highest BCUT2D eigenvalue weighted by Gasteiger charge is 2.21. The van der Waals surface area contributed by atoms with E-state index in [0.717, 1.165) is 24.2 Å². The molecule has 0 radical (unpaired) electrons. The molecule has 0 amide bonds. The molecule has 106 valence electrons. The van der Waals surface area contributed by atoms with Crippen molar-refractivity contribution in [2.24, 2.45) is 5.92 Å². The molecule has 2 rings (SSSR count). The van der Waals surface area contributed by atoms with Gasteiger partial charge in [0.05, 0.1) is 23.9 Å². The molecular weight excluding hydrogens is 240 g/mol. The summed E-state index contributed by atoms with van der Waals surface area (Å²) in [7, 11) is 0. The quantitative estimate of drug-likeness (QED) is 0.770. The molecule has 1 heterocycles. The lowest BCUT2D eigenvalue weighted by molar-refractivity contribution is -0.149. The van der Waals surface area contributed by atoms with Crippen molar-refractivity contribution in [2.45, 2.75) is 52.9 Å². The molecule has 0 N–H and O–H groups in total. The molecule has 1 fully saturated rings. The van der Waals surface area contributed by atoms with Gasteiger partial charge in [0.25, 0.3) is 0 Å². The van der Waals surface area contributed by atoms with Crippen molar-refractivity contribution in [1.82, 2.24) is 9.97 Å². The summed E-state index contributed by atoms with van der Waals surface area (Å²) in [5.74, 6) is 0.232. The van der Waals surface area contributed by atoms with Gasteiger partial charge in [0.15, 0.2) is 0 Å². The smallest absolute Gasteiger partial charge is 0.308 e. The van der Waals surface area contributed by atoms with Crippen molar-refractivity contribution in [1.29, 1.82) is 0 Å². The molecule has 4 nitrogen and oxygen atoms in total. The van der Waals surface area contributed by atoms with Gasteiger partial charge >= 0.3 is 5.97 Å². The number of hydrogen-bond acceptors (Lipinski definition) is 4. The molecule has 0 saturated heterocycles. The Hall–Kier alpha value is -1.45. The molecular formula is C15H24N2O2. The molecule has 1 aliphatic carbocycles. The predicted octanol–water partition coefficient (Wildman–Crippen LogP) is 3.22. The van der Waals surface area contributed by atoms with E-state index in [0.29, 0.717) is 6.61 Å².